The van der Waals surface area contributed by atoms with Crippen LogP contribution in [-0.4, -0.2) is 13.7 Å². The Morgan fingerprint density at radius 3 is 2.62 bits per heavy atom. The zero-order valence-electron chi connectivity index (χ0n) is 11.6. The molecule has 0 bridgehead atoms. The van der Waals surface area contributed by atoms with Crippen molar-refractivity contribution >= 4 is 5.69 Å². The minimum atomic E-state index is -0.337. The van der Waals surface area contributed by atoms with Crippen LogP contribution in [0, 0.1) is 17.1 Å². The van der Waals surface area contributed by atoms with Crippen LogP contribution in [0.4, 0.5) is 10.1 Å². The van der Waals surface area contributed by atoms with Gasteiger partial charge < -0.3 is 14.8 Å². The molecule has 5 heteroatoms. The first-order valence-corrected chi connectivity index (χ1v) is 6.39. The zero-order chi connectivity index (χ0) is 15.1. The molecule has 2 rings (SSSR count). The topological polar surface area (TPSA) is 54.3 Å². The Bertz CT molecular complexity index is 636. The number of methoxy groups -OCH3 is 1. The van der Waals surface area contributed by atoms with Crippen molar-refractivity contribution in [3.63, 3.8) is 0 Å². The first-order chi connectivity index (χ1) is 10.2. The van der Waals surface area contributed by atoms with Crippen molar-refractivity contribution in [2.45, 2.75) is 6.54 Å². The lowest BCUT2D eigenvalue weighted by Crippen LogP contribution is -2.02. The molecular formula is C16H15FN2O2. The number of halogens is 1. The predicted molar refractivity (Wildman–Crippen MR) is 77.8 cm³/mol. The van der Waals surface area contributed by atoms with Gasteiger partial charge in [0.2, 0.25) is 0 Å². The minimum Gasteiger partial charge on any atom is -0.494 e. The Morgan fingerprint density at radius 1 is 1.19 bits per heavy atom. The van der Waals surface area contributed by atoms with E-state index < -0.39 is 0 Å². The van der Waals surface area contributed by atoms with Crippen molar-refractivity contribution in [1.29, 1.82) is 5.26 Å². The van der Waals surface area contributed by atoms with Crippen LogP contribution in [0.3, 0.4) is 0 Å². The summed E-state index contributed by atoms with van der Waals surface area (Å²) < 4.78 is 23.4. The SMILES string of the molecule is COc1cc(F)ccc1NCc1ccc(OCC#N)cc1. The molecule has 0 aliphatic rings. The maximum absolute atomic E-state index is 13.1. The highest BCUT2D eigenvalue weighted by molar-refractivity contribution is 5.56. The number of hydrogen-bond acceptors (Lipinski definition) is 4. The Hall–Kier alpha value is -2.74. The van der Waals surface area contributed by atoms with Gasteiger partial charge in [-0.15, -0.1) is 0 Å². The highest BCUT2D eigenvalue weighted by Gasteiger charge is 2.04. The van der Waals surface area contributed by atoms with Crippen molar-refractivity contribution in [3.8, 4) is 17.6 Å². The minimum absolute atomic E-state index is 0.0321. The Morgan fingerprint density at radius 2 is 1.95 bits per heavy atom. The Kier molecular flexibility index (Phi) is 4.99. The second-order valence-electron chi connectivity index (χ2n) is 4.29. The van der Waals surface area contributed by atoms with Crippen molar-refractivity contribution in [2.75, 3.05) is 19.0 Å². The van der Waals surface area contributed by atoms with Crippen LogP contribution in [0.15, 0.2) is 42.5 Å². The van der Waals surface area contributed by atoms with E-state index in [1.807, 2.05) is 18.2 Å². The van der Waals surface area contributed by atoms with Crippen LogP contribution in [0.2, 0.25) is 0 Å². The molecular weight excluding hydrogens is 271 g/mol. The molecule has 1 N–H and O–H groups in total. The van der Waals surface area contributed by atoms with Crippen LogP contribution in [0.5, 0.6) is 11.5 Å². The summed E-state index contributed by atoms with van der Waals surface area (Å²) in [6, 6.07) is 13.7. The molecule has 0 spiro atoms. The number of nitriles is 1. The van der Waals surface area contributed by atoms with Crippen LogP contribution in [0.1, 0.15) is 5.56 Å². The molecule has 0 fully saturated rings. The largest absolute Gasteiger partial charge is 0.494 e. The Balaban J connectivity index is 1.98. The van der Waals surface area contributed by atoms with Gasteiger partial charge >= 0.3 is 0 Å². The molecule has 21 heavy (non-hydrogen) atoms. The molecule has 0 aromatic heterocycles. The normalized spacial score (nSPS) is 9.76. The highest BCUT2D eigenvalue weighted by atomic mass is 19.1. The molecule has 0 aliphatic carbocycles. The van der Waals surface area contributed by atoms with Gasteiger partial charge in [-0.3, -0.25) is 0 Å². The van der Waals surface area contributed by atoms with Crippen LogP contribution in [-0.2, 0) is 6.54 Å². The second kappa shape index (κ2) is 7.15. The van der Waals surface area contributed by atoms with Crippen LogP contribution >= 0.6 is 0 Å². The van der Waals surface area contributed by atoms with Gasteiger partial charge in [0.05, 0.1) is 12.8 Å². The van der Waals surface area contributed by atoms with Gasteiger partial charge in [0.15, 0.2) is 6.61 Å². The van der Waals surface area contributed by atoms with E-state index in [0.29, 0.717) is 18.0 Å². The van der Waals surface area contributed by atoms with Gasteiger partial charge in [-0.05, 0) is 29.8 Å². The first kappa shape index (κ1) is 14.7. The summed E-state index contributed by atoms with van der Waals surface area (Å²) in [6.07, 6.45) is 0. The first-order valence-electron chi connectivity index (χ1n) is 6.39. The van der Waals surface area contributed by atoms with E-state index in [1.165, 1.54) is 19.2 Å². The lowest BCUT2D eigenvalue weighted by Gasteiger charge is -2.11. The van der Waals surface area contributed by atoms with Crippen molar-refractivity contribution < 1.29 is 13.9 Å². The lowest BCUT2D eigenvalue weighted by molar-refractivity contribution is 0.368. The molecule has 0 saturated heterocycles. The number of rotatable bonds is 6. The summed E-state index contributed by atoms with van der Waals surface area (Å²) in [5, 5.41) is 11.6. The summed E-state index contributed by atoms with van der Waals surface area (Å²) in [7, 11) is 1.50. The van der Waals surface area contributed by atoms with Gasteiger partial charge in [-0.25, -0.2) is 4.39 Å². The molecule has 4 nitrogen and oxygen atoms in total. The molecule has 108 valence electrons. The van der Waals surface area contributed by atoms with Crippen molar-refractivity contribution in [3.05, 3.63) is 53.8 Å². The fraction of sp³-hybridized carbons (Fsp3) is 0.188. The molecule has 0 heterocycles. The average molecular weight is 286 g/mol. The molecule has 0 radical (unpaired) electrons. The van der Waals surface area contributed by atoms with Gasteiger partial charge in [0.1, 0.15) is 23.4 Å². The van der Waals surface area contributed by atoms with E-state index in [9.17, 15) is 4.39 Å². The number of ether oxygens (including phenoxy) is 2. The summed E-state index contributed by atoms with van der Waals surface area (Å²) in [6.45, 7) is 0.602. The molecule has 0 amide bonds. The summed E-state index contributed by atoms with van der Waals surface area (Å²) in [4.78, 5) is 0. The van der Waals surface area contributed by atoms with Gasteiger partial charge in [0.25, 0.3) is 0 Å². The van der Waals surface area contributed by atoms with Crippen molar-refractivity contribution in [1.82, 2.24) is 0 Å². The summed E-state index contributed by atoms with van der Waals surface area (Å²) >= 11 is 0. The quantitative estimate of drug-likeness (QED) is 0.884. The second-order valence-corrected chi connectivity index (χ2v) is 4.29. The van der Waals surface area contributed by atoms with E-state index in [4.69, 9.17) is 14.7 Å². The maximum Gasteiger partial charge on any atom is 0.174 e. The number of hydrogen-bond donors (Lipinski definition) is 1. The lowest BCUT2D eigenvalue weighted by atomic mass is 10.2. The van der Waals surface area contributed by atoms with E-state index in [2.05, 4.69) is 5.32 Å². The Labute approximate surface area is 122 Å². The van der Waals surface area contributed by atoms with Crippen LogP contribution in [0.25, 0.3) is 0 Å². The molecule has 2 aromatic rings. The number of nitrogens with zero attached hydrogens (tertiary/aromatic N) is 1. The monoisotopic (exact) mass is 286 g/mol. The standard InChI is InChI=1S/C16H15FN2O2/c1-20-16-10-13(17)4-7-15(16)19-11-12-2-5-14(6-3-12)21-9-8-18/h2-7,10,19H,9,11H2,1H3. The smallest absolute Gasteiger partial charge is 0.174 e. The maximum atomic E-state index is 13.1. The summed E-state index contributed by atoms with van der Waals surface area (Å²) in [5.41, 5.74) is 1.76. The van der Waals surface area contributed by atoms with Gasteiger partial charge in [-0.2, -0.15) is 5.26 Å². The van der Waals surface area contributed by atoms with E-state index >= 15 is 0 Å². The molecule has 0 atom stereocenters. The van der Waals surface area contributed by atoms with E-state index in [0.717, 1.165) is 11.3 Å². The fourth-order valence-electron chi connectivity index (χ4n) is 1.83. The van der Waals surface area contributed by atoms with Crippen molar-refractivity contribution in [2.24, 2.45) is 0 Å². The highest BCUT2D eigenvalue weighted by Crippen LogP contribution is 2.25. The average Bonchev–Trinajstić information content (AvgIpc) is 2.52. The predicted octanol–water partition coefficient (Wildman–Crippen LogP) is 3.35. The molecule has 0 saturated carbocycles. The van der Waals surface area contributed by atoms with Crippen LogP contribution < -0.4 is 14.8 Å². The van der Waals surface area contributed by atoms with Gasteiger partial charge in [0, 0.05) is 12.6 Å². The third-order valence-electron chi connectivity index (χ3n) is 2.87. The number of nitrogens with one attached hydrogen (secondary N) is 1. The van der Waals surface area contributed by atoms with E-state index in [-0.39, 0.29) is 12.4 Å². The third kappa shape index (κ3) is 4.11. The third-order valence-corrected chi connectivity index (χ3v) is 2.87. The van der Waals surface area contributed by atoms with E-state index in [1.54, 1.807) is 18.2 Å². The number of anilines is 1. The molecule has 0 aliphatic heterocycles. The molecule has 0 unspecified atom stereocenters. The van der Waals surface area contributed by atoms with Gasteiger partial charge in [-0.1, -0.05) is 12.1 Å². The number of benzene rings is 2. The molecule has 2 aromatic carbocycles. The summed E-state index contributed by atoms with van der Waals surface area (Å²) in [5.74, 6) is 0.778. The fourth-order valence-corrected chi connectivity index (χ4v) is 1.83. The zero-order valence-corrected chi connectivity index (χ0v) is 11.6.